The van der Waals surface area contributed by atoms with E-state index in [-0.39, 0.29) is 17.7 Å². The summed E-state index contributed by atoms with van der Waals surface area (Å²) in [7, 11) is 0. The summed E-state index contributed by atoms with van der Waals surface area (Å²) in [5.41, 5.74) is 0. The van der Waals surface area contributed by atoms with Crippen molar-refractivity contribution in [3.05, 3.63) is 5.89 Å². The lowest BCUT2D eigenvalue weighted by atomic mass is 9.86. The van der Waals surface area contributed by atoms with Crippen molar-refractivity contribution in [3.8, 4) is 12.3 Å². The first-order chi connectivity index (χ1) is 10.7. The van der Waals surface area contributed by atoms with Crippen LogP contribution in [0.4, 0.5) is 0 Å². The Bertz CT molecular complexity index is 518. The molecule has 1 atom stereocenters. The number of thioether (sulfide) groups is 1. The molecule has 0 bridgehead atoms. The average molecular weight is 321 g/mol. The van der Waals surface area contributed by atoms with E-state index >= 15 is 0 Å². The van der Waals surface area contributed by atoms with Gasteiger partial charge >= 0.3 is 0 Å². The molecule has 1 fully saturated rings. The van der Waals surface area contributed by atoms with E-state index in [1.54, 1.807) is 6.92 Å². The van der Waals surface area contributed by atoms with Crippen LogP contribution in [-0.4, -0.2) is 27.9 Å². The number of carbonyl (C=O) groups excluding carboxylic acids is 1. The van der Waals surface area contributed by atoms with E-state index in [9.17, 15) is 4.79 Å². The first kappa shape index (κ1) is 16.9. The normalized spacial score (nSPS) is 16.9. The third-order valence-electron chi connectivity index (χ3n) is 3.95. The molecule has 120 valence electrons. The van der Waals surface area contributed by atoms with Crippen LogP contribution in [0.1, 0.15) is 51.3 Å². The van der Waals surface area contributed by atoms with Crippen molar-refractivity contribution in [2.45, 2.75) is 62.3 Å². The summed E-state index contributed by atoms with van der Waals surface area (Å²) in [5.74, 6) is 3.72. The molecule has 0 spiro atoms. The molecule has 1 amide bonds. The SMILES string of the molecule is C#CCNC(=O)[C@H](C)Sc1nnc(CCC2CCCCC2)o1. The molecule has 0 aromatic carbocycles. The molecule has 0 unspecified atom stereocenters. The van der Waals surface area contributed by atoms with Gasteiger partial charge < -0.3 is 9.73 Å². The largest absolute Gasteiger partial charge is 0.416 e. The predicted molar refractivity (Wildman–Crippen MR) is 86.4 cm³/mol. The first-order valence-corrected chi connectivity index (χ1v) is 8.77. The van der Waals surface area contributed by atoms with Crippen LogP contribution < -0.4 is 5.32 Å². The number of aromatic nitrogens is 2. The molecule has 1 aromatic rings. The number of terminal acetylenes is 1. The van der Waals surface area contributed by atoms with E-state index in [0.717, 1.165) is 18.8 Å². The molecule has 6 heteroatoms. The quantitative estimate of drug-likeness (QED) is 0.618. The molecule has 1 heterocycles. The average Bonchev–Trinajstić information content (AvgIpc) is 2.99. The number of hydrogen-bond donors (Lipinski definition) is 1. The Kier molecular flexibility index (Phi) is 6.78. The lowest BCUT2D eigenvalue weighted by Gasteiger charge is -2.20. The van der Waals surface area contributed by atoms with Gasteiger partial charge in [-0.15, -0.1) is 16.6 Å². The van der Waals surface area contributed by atoms with Crippen molar-refractivity contribution in [2.75, 3.05) is 6.54 Å². The third-order valence-corrected chi connectivity index (χ3v) is 4.89. The number of nitrogens with zero attached hydrogens (tertiary/aromatic N) is 2. The van der Waals surface area contributed by atoms with Gasteiger partial charge in [-0.3, -0.25) is 4.79 Å². The minimum absolute atomic E-state index is 0.120. The zero-order chi connectivity index (χ0) is 15.8. The van der Waals surface area contributed by atoms with E-state index in [4.69, 9.17) is 10.8 Å². The molecule has 5 nitrogen and oxygen atoms in total. The fraction of sp³-hybridized carbons (Fsp3) is 0.688. The maximum atomic E-state index is 11.7. The van der Waals surface area contributed by atoms with Crippen molar-refractivity contribution in [1.29, 1.82) is 0 Å². The summed E-state index contributed by atoms with van der Waals surface area (Å²) < 4.78 is 5.62. The zero-order valence-corrected chi connectivity index (χ0v) is 13.8. The first-order valence-electron chi connectivity index (χ1n) is 7.89. The topological polar surface area (TPSA) is 68.0 Å². The van der Waals surface area contributed by atoms with E-state index in [0.29, 0.717) is 11.1 Å². The van der Waals surface area contributed by atoms with Crippen molar-refractivity contribution in [2.24, 2.45) is 5.92 Å². The van der Waals surface area contributed by atoms with Crippen LogP contribution in [0.3, 0.4) is 0 Å². The van der Waals surface area contributed by atoms with E-state index in [1.165, 1.54) is 43.9 Å². The van der Waals surface area contributed by atoms with Gasteiger partial charge in [-0.05, 0) is 19.3 Å². The Morgan fingerprint density at radius 1 is 1.45 bits per heavy atom. The van der Waals surface area contributed by atoms with Gasteiger partial charge in [-0.25, -0.2) is 0 Å². The summed E-state index contributed by atoms with van der Waals surface area (Å²) in [6.45, 7) is 2.03. The lowest BCUT2D eigenvalue weighted by Crippen LogP contribution is -2.31. The van der Waals surface area contributed by atoms with Gasteiger partial charge in [-0.1, -0.05) is 49.8 Å². The maximum Gasteiger partial charge on any atom is 0.277 e. The molecule has 0 saturated heterocycles. The molecule has 1 N–H and O–H groups in total. The summed E-state index contributed by atoms with van der Waals surface area (Å²) in [6, 6.07) is 0. The molecule has 0 radical (unpaired) electrons. The molecule has 2 rings (SSSR count). The minimum atomic E-state index is -0.306. The van der Waals surface area contributed by atoms with Crippen molar-refractivity contribution in [3.63, 3.8) is 0 Å². The number of nitrogens with one attached hydrogen (secondary N) is 1. The maximum absolute atomic E-state index is 11.7. The molecule has 1 saturated carbocycles. The van der Waals surface area contributed by atoms with Crippen LogP contribution in [-0.2, 0) is 11.2 Å². The van der Waals surface area contributed by atoms with Gasteiger partial charge in [0.2, 0.25) is 11.8 Å². The molecule has 22 heavy (non-hydrogen) atoms. The van der Waals surface area contributed by atoms with Gasteiger partial charge in [-0.2, -0.15) is 0 Å². The molecule has 1 aliphatic carbocycles. The van der Waals surface area contributed by atoms with Crippen LogP contribution in [0, 0.1) is 18.3 Å². The molecule has 0 aliphatic heterocycles. The Morgan fingerprint density at radius 2 is 2.23 bits per heavy atom. The van der Waals surface area contributed by atoms with Gasteiger partial charge in [0, 0.05) is 6.42 Å². The van der Waals surface area contributed by atoms with Crippen LogP contribution >= 0.6 is 11.8 Å². The number of amides is 1. The molecule has 1 aliphatic rings. The van der Waals surface area contributed by atoms with Crippen molar-refractivity contribution in [1.82, 2.24) is 15.5 Å². The van der Waals surface area contributed by atoms with Gasteiger partial charge in [0.05, 0.1) is 11.8 Å². The van der Waals surface area contributed by atoms with Crippen molar-refractivity contribution < 1.29 is 9.21 Å². The summed E-state index contributed by atoms with van der Waals surface area (Å²) >= 11 is 1.26. The standard InChI is InChI=1S/C16H23N3O2S/c1-3-11-17-15(20)12(2)22-16-19-18-14(21-16)10-9-13-7-5-4-6-8-13/h1,12-13H,4-11H2,2H3,(H,17,20)/t12-/m0/s1. The molecular formula is C16H23N3O2S. The lowest BCUT2D eigenvalue weighted by molar-refractivity contribution is -0.120. The van der Waals surface area contributed by atoms with E-state index in [1.807, 2.05) is 0 Å². The number of aryl methyl sites for hydroxylation is 1. The van der Waals surface area contributed by atoms with Gasteiger partial charge in [0.25, 0.3) is 5.22 Å². The summed E-state index contributed by atoms with van der Waals surface area (Å²) in [5, 5.41) is 10.9. The van der Waals surface area contributed by atoms with Gasteiger partial charge in [0.15, 0.2) is 0 Å². The summed E-state index contributed by atoms with van der Waals surface area (Å²) in [6.07, 6.45) is 13.8. The summed E-state index contributed by atoms with van der Waals surface area (Å²) in [4.78, 5) is 11.7. The van der Waals surface area contributed by atoms with Crippen LogP contribution in [0.15, 0.2) is 9.64 Å². The Labute approximate surface area is 136 Å². The predicted octanol–water partition coefficient (Wildman–Crippen LogP) is 2.81. The third kappa shape index (κ3) is 5.38. The Morgan fingerprint density at radius 3 is 2.95 bits per heavy atom. The second kappa shape index (κ2) is 8.84. The second-order valence-electron chi connectivity index (χ2n) is 5.69. The highest BCUT2D eigenvalue weighted by atomic mass is 32.2. The van der Waals surface area contributed by atoms with Crippen LogP contribution in [0.2, 0.25) is 0 Å². The second-order valence-corrected chi connectivity index (χ2v) is 6.98. The highest BCUT2D eigenvalue weighted by Crippen LogP contribution is 2.28. The number of carbonyl (C=O) groups is 1. The Hall–Kier alpha value is -1.48. The van der Waals surface area contributed by atoms with Crippen LogP contribution in [0.5, 0.6) is 0 Å². The fourth-order valence-corrected chi connectivity index (χ4v) is 3.40. The fourth-order valence-electron chi connectivity index (χ4n) is 2.68. The minimum Gasteiger partial charge on any atom is -0.416 e. The highest BCUT2D eigenvalue weighted by molar-refractivity contribution is 8.00. The monoisotopic (exact) mass is 321 g/mol. The highest BCUT2D eigenvalue weighted by Gasteiger charge is 2.19. The smallest absolute Gasteiger partial charge is 0.277 e. The Balaban J connectivity index is 1.75. The number of hydrogen-bond acceptors (Lipinski definition) is 5. The van der Waals surface area contributed by atoms with E-state index in [2.05, 4.69) is 21.4 Å². The zero-order valence-electron chi connectivity index (χ0n) is 13.0. The van der Waals surface area contributed by atoms with Crippen molar-refractivity contribution >= 4 is 17.7 Å². The van der Waals surface area contributed by atoms with E-state index < -0.39 is 0 Å². The number of rotatable bonds is 7. The molecule has 1 aromatic heterocycles. The molecular weight excluding hydrogens is 298 g/mol. The van der Waals surface area contributed by atoms with Crippen LogP contribution in [0.25, 0.3) is 0 Å². The van der Waals surface area contributed by atoms with Gasteiger partial charge in [0.1, 0.15) is 0 Å².